The van der Waals surface area contributed by atoms with Crippen molar-refractivity contribution >= 4 is 49.9 Å². The summed E-state index contributed by atoms with van der Waals surface area (Å²) in [5.41, 5.74) is 13.0. The molecule has 8 heteroatoms. The van der Waals surface area contributed by atoms with Crippen molar-refractivity contribution in [2.24, 2.45) is 21.5 Å². The minimum absolute atomic E-state index is 0.149. The van der Waals surface area contributed by atoms with Crippen molar-refractivity contribution in [2.75, 3.05) is 6.61 Å². The summed E-state index contributed by atoms with van der Waals surface area (Å²) >= 11 is 7.08. The van der Waals surface area contributed by atoms with Crippen LogP contribution in [-0.2, 0) is 4.84 Å². The molecule has 0 spiro atoms. The summed E-state index contributed by atoms with van der Waals surface area (Å²) in [6.07, 6.45) is 3.86. The molecular weight excluding hydrogens is 426 g/mol. The number of hydroxylamine groups is 2. The molecule has 1 heterocycles. The van der Waals surface area contributed by atoms with E-state index in [2.05, 4.69) is 47.9 Å². The van der Waals surface area contributed by atoms with E-state index in [4.69, 9.17) is 16.3 Å². The van der Waals surface area contributed by atoms with Crippen LogP contribution in [0.4, 0.5) is 0 Å². The second-order valence-electron chi connectivity index (χ2n) is 5.55. The highest BCUT2D eigenvalue weighted by molar-refractivity contribution is 9.11. The topological polar surface area (TPSA) is 89.2 Å². The zero-order valence-corrected chi connectivity index (χ0v) is 16.3. The smallest absolute Gasteiger partial charge is 0.226 e. The summed E-state index contributed by atoms with van der Waals surface area (Å²) in [6, 6.07) is 4.10. The average molecular weight is 445 g/mol. The molecule has 0 aliphatic carbocycles. The van der Waals surface area contributed by atoms with E-state index in [1.807, 2.05) is 39.0 Å². The molecule has 0 saturated heterocycles. The summed E-state index contributed by atoms with van der Waals surface area (Å²) in [5.74, 6) is 0.339. The van der Waals surface area contributed by atoms with Crippen LogP contribution in [0.5, 0.6) is 0 Å². The Kier molecular flexibility index (Phi) is 5.49. The monoisotopic (exact) mass is 443 g/mol. The van der Waals surface area contributed by atoms with Gasteiger partial charge >= 0.3 is 0 Å². The maximum absolute atomic E-state index is 5.85. The van der Waals surface area contributed by atoms with Crippen molar-refractivity contribution < 1.29 is 4.84 Å². The largest absolute Gasteiger partial charge is 0.368 e. The average Bonchev–Trinajstić information content (AvgIpc) is 2.41. The predicted molar refractivity (Wildman–Crippen MR) is 101 cm³/mol. The lowest BCUT2D eigenvalue weighted by atomic mass is 10.1. The van der Waals surface area contributed by atoms with Gasteiger partial charge in [0.05, 0.1) is 6.61 Å². The molecule has 0 unspecified atom stereocenters. The Morgan fingerprint density at radius 1 is 1.26 bits per heavy atom. The van der Waals surface area contributed by atoms with E-state index in [0.717, 1.165) is 14.5 Å². The van der Waals surface area contributed by atoms with Crippen LogP contribution < -0.4 is 11.5 Å². The number of halogens is 2. The highest BCUT2D eigenvalue weighted by Gasteiger charge is 2.32. The van der Waals surface area contributed by atoms with Crippen molar-refractivity contribution in [2.45, 2.75) is 26.4 Å². The molecule has 0 saturated carbocycles. The minimum Gasteiger partial charge on any atom is -0.368 e. The first-order valence-electron chi connectivity index (χ1n) is 6.95. The van der Waals surface area contributed by atoms with Crippen molar-refractivity contribution in [3.63, 3.8) is 0 Å². The second kappa shape index (κ2) is 7.02. The molecule has 23 heavy (non-hydrogen) atoms. The number of nitrogens with zero attached hydrogens (tertiary/aromatic N) is 3. The third-order valence-corrected chi connectivity index (χ3v) is 4.74. The molecule has 1 aliphatic heterocycles. The van der Waals surface area contributed by atoms with E-state index in [0.29, 0.717) is 6.61 Å². The molecule has 4 N–H and O–H groups in total. The highest BCUT2D eigenvalue weighted by Crippen LogP contribution is 2.26. The number of rotatable bonds is 4. The van der Waals surface area contributed by atoms with Gasteiger partial charge in [0.1, 0.15) is 0 Å². The van der Waals surface area contributed by atoms with Gasteiger partial charge in [-0.2, -0.15) is 10.1 Å². The molecule has 0 fully saturated rings. The second-order valence-corrected chi connectivity index (χ2v) is 7.26. The van der Waals surface area contributed by atoms with Gasteiger partial charge in [0.25, 0.3) is 0 Å². The molecule has 0 aromatic heterocycles. The summed E-state index contributed by atoms with van der Waals surface area (Å²) in [5, 5.41) is 1.45. The SMILES string of the molecule is Cc1cc(Br)c(C=CCON2C(N)=NC(N)=NC2(C)C)cc1Br. The summed E-state index contributed by atoms with van der Waals surface area (Å²) in [7, 11) is 0. The van der Waals surface area contributed by atoms with Gasteiger partial charge in [-0.1, -0.05) is 44.0 Å². The van der Waals surface area contributed by atoms with Crippen LogP contribution in [0.15, 0.2) is 37.1 Å². The molecule has 6 nitrogen and oxygen atoms in total. The molecule has 1 aliphatic rings. The number of guanidine groups is 2. The Hall–Kier alpha value is -1.38. The fourth-order valence-corrected chi connectivity index (χ4v) is 3.05. The van der Waals surface area contributed by atoms with E-state index in [1.54, 1.807) is 0 Å². The Morgan fingerprint density at radius 2 is 1.96 bits per heavy atom. The zero-order valence-electron chi connectivity index (χ0n) is 13.2. The van der Waals surface area contributed by atoms with Gasteiger partial charge in [-0.15, -0.1) is 0 Å². The van der Waals surface area contributed by atoms with E-state index in [1.165, 1.54) is 10.6 Å². The van der Waals surface area contributed by atoms with E-state index in [-0.39, 0.29) is 11.9 Å². The molecule has 124 valence electrons. The van der Waals surface area contributed by atoms with Crippen LogP contribution >= 0.6 is 31.9 Å². The normalized spacial score (nSPS) is 17.3. The first-order valence-corrected chi connectivity index (χ1v) is 8.54. The van der Waals surface area contributed by atoms with Gasteiger partial charge in [-0.05, 0) is 44.0 Å². The fourth-order valence-electron chi connectivity index (χ4n) is 2.10. The summed E-state index contributed by atoms with van der Waals surface area (Å²) in [4.78, 5) is 13.8. The van der Waals surface area contributed by atoms with Gasteiger partial charge in [0, 0.05) is 8.95 Å². The first kappa shape index (κ1) is 18.0. The summed E-state index contributed by atoms with van der Waals surface area (Å²) < 4.78 is 2.07. The Labute approximate surface area is 152 Å². The zero-order chi connectivity index (χ0) is 17.2. The van der Waals surface area contributed by atoms with Gasteiger partial charge in [0.15, 0.2) is 5.66 Å². The molecule has 2 rings (SSSR count). The molecule has 0 bridgehead atoms. The van der Waals surface area contributed by atoms with Gasteiger partial charge < -0.3 is 11.5 Å². The van der Waals surface area contributed by atoms with Crippen molar-refractivity contribution in [1.82, 2.24) is 5.06 Å². The van der Waals surface area contributed by atoms with Crippen molar-refractivity contribution in [3.8, 4) is 0 Å². The number of nitrogens with two attached hydrogens (primary N) is 2. The first-order chi connectivity index (χ1) is 10.7. The van der Waals surface area contributed by atoms with Crippen LogP contribution in [0, 0.1) is 6.92 Å². The van der Waals surface area contributed by atoms with Gasteiger partial charge in [-0.3, -0.25) is 4.84 Å². The lowest BCUT2D eigenvalue weighted by Crippen LogP contribution is -2.53. The lowest BCUT2D eigenvalue weighted by Gasteiger charge is -2.36. The Morgan fingerprint density at radius 3 is 2.61 bits per heavy atom. The quantitative estimate of drug-likeness (QED) is 0.746. The van der Waals surface area contributed by atoms with Crippen LogP contribution in [-0.4, -0.2) is 29.3 Å². The standard InChI is InChI=1S/C15H19Br2N5O/c1-9-7-12(17)10(8-11(9)16)5-4-6-23-22-14(19)20-13(18)21-15(22,2)3/h4-5,7-8H,6H2,1-3H3,(H4,18,19,20,21). The highest BCUT2D eigenvalue weighted by atomic mass is 79.9. The Bertz CT molecular complexity index is 697. The van der Waals surface area contributed by atoms with Crippen molar-refractivity contribution in [1.29, 1.82) is 0 Å². The lowest BCUT2D eigenvalue weighted by molar-refractivity contribution is -0.146. The van der Waals surface area contributed by atoms with Gasteiger partial charge in [-0.25, -0.2) is 4.99 Å². The van der Waals surface area contributed by atoms with Crippen molar-refractivity contribution in [3.05, 3.63) is 38.3 Å². The maximum atomic E-state index is 5.85. The molecule has 1 aromatic carbocycles. The number of hydrogen-bond donors (Lipinski definition) is 2. The van der Waals surface area contributed by atoms with Gasteiger partial charge in [0.2, 0.25) is 11.9 Å². The van der Waals surface area contributed by atoms with Crippen LogP contribution in [0.1, 0.15) is 25.0 Å². The molecular formula is C15H19Br2N5O. The molecule has 1 aromatic rings. The number of benzene rings is 1. The molecule has 0 radical (unpaired) electrons. The van der Waals surface area contributed by atoms with Crippen LogP contribution in [0.2, 0.25) is 0 Å². The number of aryl methyl sites for hydroxylation is 1. The molecule has 0 amide bonds. The number of hydrogen-bond acceptors (Lipinski definition) is 6. The Balaban J connectivity index is 2.03. The van der Waals surface area contributed by atoms with Crippen LogP contribution in [0.3, 0.4) is 0 Å². The molecule has 0 atom stereocenters. The van der Waals surface area contributed by atoms with Crippen LogP contribution in [0.25, 0.3) is 6.08 Å². The minimum atomic E-state index is -0.697. The fraction of sp³-hybridized carbons (Fsp3) is 0.333. The number of aliphatic imine (C=N–C) groups is 2. The third-order valence-electron chi connectivity index (χ3n) is 3.20. The van der Waals surface area contributed by atoms with E-state index >= 15 is 0 Å². The predicted octanol–water partition coefficient (Wildman–Crippen LogP) is 3.15. The maximum Gasteiger partial charge on any atom is 0.226 e. The summed E-state index contributed by atoms with van der Waals surface area (Å²) in [6.45, 7) is 6.06. The van der Waals surface area contributed by atoms with E-state index in [9.17, 15) is 0 Å². The third kappa shape index (κ3) is 4.33. The van der Waals surface area contributed by atoms with E-state index < -0.39 is 5.66 Å².